The molecule has 2 rings (SSSR count). The van der Waals surface area contributed by atoms with Crippen molar-refractivity contribution in [3.05, 3.63) is 22.6 Å². The molecular weight excluding hydrogens is 222 g/mol. The van der Waals surface area contributed by atoms with Crippen molar-refractivity contribution in [1.29, 1.82) is 0 Å². The van der Waals surface area contributed by atoms with Crippen molar-refractivity contribution in [2.24, 2.45) is 5.73 Å². The van der Waals surface area contributed by atoms with Crippen molar-refractivity contribution in [3.63, 3.8) is 0 Å². The van der Waals surface area contributed by atoms with Gasteiger partial charge in [0.15, 0.2) is 5.01 Å². The van der Waals surface area contributed by atoms with E-state index < -0.39 is 0 Å². The predicted molar refractivity (Wildman–Crippen MR) is 64.5 cm³/mol. The molecule has 86 valence electrons. The van der Waals surface area contributed by atoms with Crippen molar-refractivity contribution in [2.45, 2.75) is 26.7 Å². The third kappa shape index (κ3) is 2.31. The van der Waals surface area contributed by atoms with E-state index in [0.717, 1.165) is 39.9 Å². The zero-order valence-corrected chi connectivity index (χ0v) is 10.3. The van der Waals surface area contributed by atoms with Crippen LogP contribution < -0.4 is 5.73 Å². The molecule has 0 bridgehead atoms. The monoisotopic (exact) mass is 237 g/mol. The number of aromatic nitrogens is 2. The van der Waals surface area contributed by atoms with E-state index >= 15 is 0 Å². The Kier molecular flexibility index (Phi) is 3.36. The van der Waals surface area contributed by atoms with Gasteiger partial charge in [0.1, 0.15) is 16.5 Å². The Morgan fingerprint density at radius 3 is 2.81 bits per heavy atom. The lowest BCUT2D eigenvalue weighted by Crippen LogP contribution is -1.99. The highest BCUT2D eigenvalue weighted by Gasteiger charge is 2.12. The van der Waals surface area contributed by atoms with Crippen molar-refractivity contribution >= 4 is 11.3 Å². The van der Waals surface area contributed by atoms with Gasteiger partial charge in [0, 0.05) is 6.42 Å². The molecule has 0 fully saturated rings. The molecule has 2 heterocycles. The van der Waals surface area contributed by atoms with E-state index in [1.807, 2.05) is 19.9 Å². The number of furan rings is 1. The molecule has 0 aromatic carbocycles. The second-order valence-corrected chi connectivity index (χ2v) is 4.78. The molecule has 0 amide bonds. The van der Waals surface area contributed by atoms with Gasteiger partial charge in [0.25, 0.3) is 0 Å². The highest BCUT2D eigenvalue weighted by atomic mass is 32.1. The van der Waals surface area contributed by atoms with Crippen LogP contribution in [-0.2, 0) is 6.42 Å². The maximum Gasteiger partial charge on any atom is 0.151 e. The lowest BCUT2D eigenvalue weighted by molar-refractivity contribution is 0.505. The minimum absolute atomic E-state index is 0.693. The van der Waals surface area contributed by atoms with E-state index in [2.05, 4.69) is 10.2 Å². The molecule has 0 aliphatic rings. The largest absolute Gasteiger partial charge is 0.466 e. The van der Waals surface area contributed by atoms with Crippen LogP contribution in [-0.4, -0.2) is 16.7 Å². The maximum absolute atomic E-state index is 5.48. The Hall–Kier alpha value is -1.20. The second kappa shape index (κ2) is 4.76. The van der Waals surface area contributed by atoms with Crippen LogP contribution >= 0.6 is 11.3 Å². The minimum atomic E-state index is 0.693. The summed E-state index contributed by atoms with van der Waals surface area (Å²) in [5.41, 5.74) is 6.51. The fraction of sp³-hybridized carbons (Fsp3) is 0.455. The third-order valence-electron chi connectivity index (χ3n) is 2.33. The zero-order valence-electron chi connectivity index (χ0n) is 9.49. The smallest absolute Gasteiger partial charge is 0.151 e. The molecule has 4 nitrogen and oxygen atoms in total. The first kappa shape index (κ1) is 11.3. The normalized spacial score (nSPS) is 10.9. The van der Waals surface area contributed by atoms with E-state index in [1.165, 1.54) is 0 Å². The summed E-state index contributed by atoms with van der Waals surface area (Å²) < 4.78 is 5.48. The molecule has 0 spiro atoms. The van der Waals surface area contributed by atoms with Gasteiger partial charge in [-0.15, -0.1) is 10.2 Å². The average molecular weight is 237 g/mol. The molecule has 0 unspecified atom stereocenters. The molecule has 0 saturated heterocycles. The minimum Gasteiger partial charge on any atom is -0.466 e. The van der Waals surface area contributed by atoms with E-state index in [1.54, 1.807) is 11.3 Å². The van der Waals surface area contributed by atoms with Crippen LogP contribution in [0.1, 0.15) is 22.9 Å². The summed E-state index contributed by atoms with van der Waals surface area (Å²) in [5, 5.41) is 10.3. The molecule has 0 saturated carbocycles. The number of hydrogen-bond acceptors (Lipinski definition) is 5. The van der Waals surface area contributed by atoms with Gasteiger partial charge in [-0.05, 0) is 32.9 Å². The summed E-state index contributed by atoms with van der Waals surface area (Å²) in [6, 6.07) is 2.00. The number of nitrogens with zero attached hydrogens (tertiary/aromatic N) is 2. The van der Waals surface area contributed by atoms with Crippen molar-refractivity contribution in [3.8, 4) is 10.6 Å². The van der Waals surface area contributed by atoms with E-state index in [9.17, 15) is 0 Å². The third-order valence-corrected chi connectivity index (χ3v) is 3.35. The number of aryl methyl sites for hydroxylation is 3. The van der Waals surface area contributed by atoms with Crippen molar-refractivity contribution in [1.82, 2.24) is 10.2 Å². The van der Waals surface area contributed by atoms with Crippen LogP contribution in [0.2, 0.25) is 0 Å². The van der Waals surface area contributed by atoms with E-state index in [4.69, 9.17) is 10.2 Å². The van der Waals surface area contributed by atoms with Gasteiger partial charge in [-0.25, -0.2) is 0 Å². The Balaban J connectivity index is 2.21. The van der Waals surface area contributed by atoms with Crippen LogP contribution in [0.3, 0.4) is 0 Å². The molecule has 0 radical (unpaired) electrons. The molecule has 0 aliphatic heterocycles. The fourth-order valence-corrected chi connectivity index (χ4v) is 2.51. The van der Waals surface area contributed by atoms with Gasteiger partial charge >= 0.3 is 0 Å². The van der Waals surface area contributed by atoms with Crippen molar-refractivity contribution < 1.29 is 4.42 Å². The SMILES string of the molecule is Cc1cc(-c2nnc(CCCN)s2)c(C)o1. The first-order valence-electron chi connectivity index (χ1n) is 5.30. The first-order chi connectivity index (χ1) is 7.70. The summed E-state index contributed by atoms with van der Waals surface area (Å²) >= 11 is 1.62. The zero-order chi connectivity index (χ0) is 11.5. The number of nitrogens with two attached hydrogens (primary N) is 1. The van der Waals surface area contributed by atoms with Crippen LogP contribution in [0, 0.1) is 13.8 Å². The predicted octanol–water partition coefficient (Wildman–Crippen LogP) is 2.31. The van der Waals surface area contributed by atoms with Crippen LogP contribution in [0.15, 0.2) is 10.5 Å². The lowest BCUT2D eigenvalue weighted by Gasteiger charge is -1.90. The van der Waals surface area contributed by atoms with Crippen LogP contribution in [0.5, 0.6) is 0 Å². The molecule has 2 aromatic rings. The van der Waals surface area contributed by atoms with Gasteiger partial charge in [-0.3, -0.25) is 0 Å². The first-order valence-corrected chi connectivity index (χ1v) is 6.12. The van der Waals surface area contributed by atoms with Gasteiger partial charge in [0.2, 0.25) is 0 Å². The average Bonchev–Trinajstić information content (AvgIpc) is 2.82. The highest BCUT2D eigenvalue weighted by Crippen LogP contribution is 2.29. The van der Waals surface area contributed by atoms with Crippen LogP contribution in [0.25, 0.3) is 10.6 Å². The van der Waals surface area contributed by atoms with Crippen molar-refractivity contribution in [2.75, 3.05) is 6.54 Å². The summed E-state index contributed by atoms with van der Waals surface area (Å²) in [6.07, 6.45) is 1.86. The lowest BCUT2D eigenvalue weighted by atomic mass is 10.2. The maximum atomic E-state index is 5.48. The Morgan fingerprint density at radius 2 is 2.19 bits per heavy atom. The van der Waals surface area contributed by atoms with E-state index in [0.29, 0.717) is 6.54 Å². The topological polar surface area (TPSA) is 64.9 Å². The van der Waals surface area contributed by atoms with Gasteiger partial charge in [-0.1, -0.05) is 11.3 Å². The highest BCUT2D eigenvalue weighted by molar-refractivity contribution is 7.14. The molecule has 2 N–H and O–H groups in total. The Morgan fingerprint density at radius 1 is 1.38 bits per heavy atom. The van der Waals surface area contributed by atoms with Gasteiger partial charge < -0.3 is 10.2 Å². The quantitative estimate of drug-likeness (QED) is 0.886. The molecule has 16 heavy (non-hydrogen) atoms. The molecule has 2 aromatic heterocycles. The van der Waals surface area contributed by atoms with Gasteiger partial charge in [-0.2, -0.15) is 0 Å². The summed E-state index contributed by atoms with van der Waals surface area (Å²) in [4.78, 5) is 0. The van der Waals surface area contributed by atoms with E-state index in [-0.39, 0.29) is 0 Å². The molecule has 5 heteroatoms. The standard InChI is InChI=1S/C11H15N3OS/c1-7-6-9(8(2)15-7)11-14-13-10(16-11)4-3-5-12/h6H,3-5,12H2,1-2H3. The summed E-state index contributed by atoms with van der Waals surface area (Å²) in [7, 11) is 0. The Bertz CT molecular complexity index is 475. The Labute approximate surface area is 98.5 Å². The summed E-state index contributed by atoms with van der Waals surface area (Å²) in [6.45, 7) is 4.58. The van der Waals surface area contributed by atoms with Crippen LogP contribution in [0.4, 0.5) is 0 Å². The summed E-state index contributed by atoms with van der Waals surface area (Å²) in [5.74, 6) is 1.81. The molecular formula is C11H15N3OS. The number of hydrogen-bond donors (Lipinski definition) is 1. The second-order valence-electron chi connectivity index (χ2n) is 3.72. The molecule has 0 atom stereocenters. The fourth-order valence-electron chi connectivity index (χ4n) is 1.56. The number of rotatable bonds is 4. The molecule has 0 aliphatic carbocycles. The van der Waals surface area contributed by atoms with Gasteiger partial charge in [0.05, 0.1) is 5.56 Å².